The van der Waals surface area contributed by atoms with Crippen LogP contribution in [0, 0.1) is 0 Å². The van der Waals surface area contributed by atoms with E-state index in [4.69, 9.17) is 32.3 Å². The Morgan fingerprint density at radius 3 is 1.17 bits per heavy atom. The van der Waals surface area contributed by atoms with Gasteiger partial charge in [-0.1, -0.05) is 227 Å². The van der Waals surface area contributed by atoms with Gasteiger partial charge in [0.25, 0.3) is 0 Å². The number of Topliss-reactive ketones (excluding diaryl/α,β-unsaturated/α-hetero) is 2. The molecule has 0 spiro atoms. The third-order valence-corrected chi connectivity index (χ3v) is 18.6. The summed E-state index contributed by atoms with van der Waals surface area (Å²) in [7, 11) is -9.58. The second-order valence-electron chi connectivity index (χ2n) is 26.3. The van der Waals surface area contributed by atoms with Crippen molar-refractivity contribution in [2.45, 2.75) is 348 Å². The number of rotatable bonds is 74. The number of unbranched alkanes of at least 4 members (excludes halogenated alkanes) is 29. The lowest BCUT2D eigenvalue weighted by atomic mass is 10.0. The summed E-state index contributed by atoms with van der Waals surface area (Å²) in [5.74, 6) is -3.51. The Morgan fingerprint density at radius 2 is 0.745 bits per heavy atom. The van der Waals surface area contributed by atoms with Crippen molar-refractivity contribution in [3.63, 3.8) is 0 Å². The molecule has 0 saturated heterocycles. The van der Waals surface area contributed by atoms with Crippen LogP contribution in [0.5, 0.6) is 0 Å². The number of carbonyl (C=O) groups excluding carboxylic acids is 7. The topological polar surface area (TPSA) is 327 Å². The van der Waals surface area contributed by atoms with Crippen molar-refractivity contribution < 1.29 is 89.9 Å². The summed E-state index contributed by atoms with van der Waals surface area (Å²) < 4.78 is 64.1. The maximum Gasteiger partial charge on any atom is 0.472 e. The molecule has 6 atom stereocenters. The lowest BCUT2D eigenvalue weighted by molar-refractivity contribution is -0.150. The van der Waals surface area contributed by atoms with Gasteiger partial charge in [-0.05, 0) is 64.2 Å². The zero-order valence-corrected chi connectivity index (χ0v) is 63.4. The number of aliphatic hydroxyl groups excluding tert-OH is 1. The first-order chi connectivity index (χ1) is 47.3. The van der Waals surface area contributed by atoms with E-state index in [0.717, 1.165) is 128 Å². The van der Waals surface area contributed by atoms with E-state index in [-0.39, 0.29) is 76.3 Å². The van der Waals surface area contributed by atoms with Crippen LogP contribution in [-0.2, 0) is 75.0 Å². The van der Waals surface area contributed by atoms with E-state index in [1.54, 1.807) is 0 Å². The maximum atomic E-state index is 13.2. The van der Waals surface area contributed by atoms with Gasteiger partial charge in [0.1, 0.15) is 24.1 Å². The summed E-state index contributed by atoms with van der Waals surface area (Å²) in [6.45, 7) is 8.05. The number of hydrogen-bond acceptors (Lipinski definition) is 17. The van der Waals surface area contributed by atoms with Crippen LogP contribution in [0.2, 0.25) is 0 Å². The number of carbonyl (C=O) groups is 7. The highest BCUT2D eigenvalue weighted by Gasteiger charge is 2.28. The quantitative estimate of drug-likeness (QED) is 0.00978. The van der Waals surface area contributed by atoms with Gasteiger partial charge in [0.05, 0.1) is 77.3 Å². The third kappa shape index (κ3) is 64.6. The first-order valence-electron chi connectivity index (χ1n) is 38.3. The first-order valence-corrected chi connectivity index (χ1v) is 41.3. The molecule has 0 aromatic heterocycles. The van der Waals surface area contributed by atoms with Crippen LogP contribution >= 0.6 is 15.6 Å². The summed E-state index contributed by atoms with van der Waals surface area (Å²) in [5, 5.41) is 20.6. The van der Waals surface area contributed by atoms with Crippen molar-refractivity contribution in [2.75, 3.05) is 65.9 Å². The van der Waals surface area contributed by atoms with Gasteiger partial charge < -0.3 is 50.4 Å². The molecular formula is C73H138N4O19P2. The molecule has 0 saturated carbocycles. The Balaban J connectivity index is 5.38. The number of ketones is 2. The minimum atomic E-state index is -4.81. The third-order valence-electron chi connectivity index (χ3n) is 16.6. The number of hydrogen-bond donors (Lipinski definition) is 7. The standard InChI is InChI=1S/C73H138N4O19P2/c1-6-11-16-21-24-27-30-35-39-44-66(79)56-71(83)76-63(59-90-52-48-65(78)43-38-33-19-14-9-4)61-94-97(86,87)92-54-50-74-69(81)58-70(82)75-51-55-93-98(88,89)95-62-64(77-72(84)57-67(80)45-40-36-31-28-25-22-17-12-7-2)60-91-53-49-68(46-41-34-20-15-10-5)96-73(85)47-42-37-32-29-26-23-18-13-8-3/h29,32,63-65,68,78H,6-28,30-31,33-62H2,1-5H3,(H,74,81)(H,75,82)(H,76,83)(H,77,84)(H,86,87)(H,88,89)/t63?,64?,65-,68-/m1/s1. The van der Waals surface area contributed by atoms with Gasteiger partial charge in [-0.3, -0.25) is 51.7 Å². The van der Waals surface area contributed by atoms with Crippen LogP contribution in [0.3, 0.4) is 0 Å². The molecule has 0 aliphatic heterocycles. The molecule has 23 nitrogen and oxygen atoms in total. The Bertz CT molecular complexity index is 2140. The van der Waals surface area contributed by atoms with Crippen LogP contribution < -0.4 is 21.3 Å². The second-order valence-corrected chi connectivity index (χ2v) is 29.2. The predicted molar refractivity (Wildman–Crippen MR) is 386 cm³/mol. The second kappa shape index (κ2) is 66.7. The number of ether oxygens (including phenoxy) is 3. The Labute approximate surface area is 591 Å². The number of phosphoric acid groups is 2. The molecule has 0 aliphatic rings. The summed E-state index contributed by atoms with van der Waals surface area (Å²) in [4.78, 5) is 111. The highest BCUT2D eigenvalue weighted by molar-refractivity contribution is 7.47. The van der Waals surface area contributed by atoms with Crippen LogP contribution in [0.25, 0.3) is 0 Å². The van der Waals surface area contributed by atoms with Crippen molar-refractivity contribution in [2.24, 2.45) is 0 Å². The number of aliphatic hydroxyl groups is 1. The van der Waals surface area contributed by atoms with Crippen molar-refractivity contribution in [1.82, 2.24) is 21.3 Å². The van der Waals surface area contributed by atoms with Gasteiger partial charge in [0, 0.05) is 45.4 Å². The molecule has 574 valence electrons. The van der Waals surface area contributed by atoms with Gasteiger partial charge in [0.2, 0.25) is 23.6 Å². The molecule has 25 heteroatoms. The lowest BCUT2D eigenvalue weighted by Gasteiger charge is -2.22. The summed E-state index contributed by atoms with van der Waals surface area (Å²) in [6.07, 6.45) is 41.9. The van der Waals surface area contributed by atoms with Crippen molar-refractivity contribution >= 4 is 56.8 Å². The fourth-order valence-electron chi connectivity index (χ4n) is 10.8. The summed E-state index contributed by atoms with van der Waals surface area (Å²) >= 11 is 0. The van der Waals surface area contributed by atoms with Gasteiger partial charge in [-0.15, -0.1) is 0 Å². The molecule has 0 rings (SSSR count). The van der Waals surface area contributed by atoms with Gasteiger partial charge >= 0.3 is 21.6 Å². The van der Waals surface area contributed by atoms with Crippen LogP contribution in [0.15, 0.2) is 12.2 Å². The van der Waals surface area contributed by atoms with E-state index in [1.165, 1.54) is 77.0 Å². The molecule has 4 unspecified atom stereocenters. The molecule has 0 fully saturated rings. The number of nitrogens with one attached hydrogen (secondary N) is 4. The highest BCUT2D eigenvalue weighted by atomic mass is 31.2. The van der Waals surface area contributed by atoms with E-state index in [0.29, 0.717) is 51.4 Å². The zero-order chi connectivity index (χ0) is 72.4. The molecule has 98 heavy (non-hydrogen) atoms. The number of phosphoric ester groups is 2. The zero-order valence-electron chi connectivity index (χ0n) is 61.6. The van der Waals surface area contributed by atoms with E-state index in [9.17, 15) is 57.6 Å². The molecule has 0 bridgehead atoms. The molecule has 0 heterocycles. The lowest BCUT2D eigenvalue weighted by Crippen LogP contribution is -2.42. The SMILES string of the molecule is CCCCCCC=CCCCC(=O)O[C@H](CCCCCCC)CCOCC(COP(=O)(O)OCCNC(=O)CC(=O)NCCOP(=O)(O)OCC(COCC[C@H](O)CCCCCCC)NC(=O)CC(=O)CCCCCCCCCCC)NC(=O)CC(=O)CCCCCCCCCCC. The number of esters is 1. The Morgan fingerprint density at radius 1 is 0.378 bits per heavy atom. The minimum Gasteiger partial charge on any atom is -0.462 e. The van der Waals surface area contributed by atoms with E-state index < -0.39 is 103 Å². The molecular weight excluding hydrogens is 1300 g/mol. The fraction of sp³-hybridized carbons (Fsp3) is 0.877. The number of allylic oxidation sites excluding steroid dienone is 2. The first kappa shape index (κ1) is 94.5. The molecule has 0 aromatic carbocycles. The van der Waals surface area contributed by atoms with Gasteiger partial charge in [0.15, 0.2) is 0 Å². The van der Waals surface area contributed by atoms with E-state index in [2.05, 4.69) is 68.0 Å². The Hall–Kier alpha value is -3.47. The summed E-state index contributed by atoms with van der Waals surface area (Å²) in [6, 6.07) is -1.95. The Kier molecular flexibility index (Phi) is 64.4. The molecule has 0 radical (unpaired) electrons. The molecule has 4 amide bonds. The van der Waals surface area contributed by atoms with E-state index >= 15 is 0 Å². The smallest absolute Gasteiger partial charge is 0.462 e. The molecule has 0 aliphatic carbocycles. The maximum absolute atomic E-state index is 13.2. The van der Waals surface area contributed by atoms with Crippen LogP contribution in [-0.4, -0.2) is 146 Å². The molecule has 0 aromatic rings. The van der Waals surface area contributed by atoms with E-state index in [1.807, 2.05) is 0 Å². The monoisotopic (exact) mass is 1440 g/mol. The van der Waals surface area contributed by atoms with Crippen LogP contribution in [0.4, 0.5) is 0 Å². The minimum absolute atomic E-state index is 0.135. The van der Waals surface area contributed by atoms with Crippen molar-refractivity contribution in [3.05, 3.63) is 12.2 Å². The van der Waals surface area contributed by atoms with Gasteiger partial charge in [-0.2, -0.15) is 0 Å². The summed E-state index contributed by atoms with van der Waals surface area (Å²) in [5.41, 5.74) is 0. The van der Waals surface area contributed by atoms with Crippen molar-refractivity contribution in [3.8, 4) is 0 Å². The predicted octanol–water partition coefficient (Wildman–Crippen LogP) is 15.1. The van der Waals surface area contributed by atoms with Crippen molar-refractivity contribution in [1.29, 1.82) is 0 Å². The van der Waals surface area contributed by atoms with Gasteiger partial charge in [-0.25, -0.2) is 9.13 Å². The fourth-order valence-corrected chi connectivity index (χ4v) is 12.4. The number of amides is 4. The normalized spacial score (nSPS) is 14.1. The average molecular weight is 1440 g/mol. The molecule has 7 N–H and O–H groups in total. The largest absolute Gasteiger partial charge is 0.472 e. The average Bonchev–Trinajstić information content (AvgIpc) is 1.09. The van der Waals surface area contributed by atoms with Crippen LogP contribution in [0.1, 0.15) is 324 Å². The highest BCUT2D eigenvalue weighted by Crippen LogP contribution is 2.44.